The number of carbonyl (C=O) groups is 1. The van der Waals surface area contributed by atoms with Crippen LogP contribution in [0.2, 0.25) is 0 Å². The standard InChI is InChI=1S/C26H21BrN2O5S/c1-16-6-5-7-17(12-16)15-29-21(26(31)34-27)13-19-11-10-18-14-22(25(30)28-23(18)24(19)29)35(32,33)20-8-3-2-4-9-20/h2-9,12-14H,10-11,15H2,1H3,(H,28,30). The van der Waals surface area contributed by atoms with Crippen molar-refractivity contribution < 1.29 is 17.0 Å². The van der Waals surface area contributed by atoms with Gasteiger partial charge in [-0.25, -0.2) is 13.2 Å². The van der Waals surface area contributed by atoms with E-state index in [1.54, 1.807) is 24.3 Å². The van der Waals surface area contributed by atoms with Crippen molar-refractivity contribution in [1.82, 2.24) is 9.55 Å². The Balaban J connectivity index is 1.68. The highest BCUT2D eigenvalue weighted by Crippen LogP contribution is 2.36. The number of hydrogen-bond acceptors (Lipinski definition) is 5. The number of fused-ring (bicyclic) bond motifs is 3. The molecule has 2 aromatic carbocycles. The van der Waals surface area contributed by atoms with Crippen molar-refractivity contribution in [2.24, 2.45) is 0 Å². The molecule has 0 fully saturated rings. The minimum Gasteiger partial charge on any atom is -0.379 e. The molecule has 1 aliphatic carbocycles. The van der Waals surface area contributed by atoms with Crippen molar-refractivity contribution in [3.8, 4) is 11.4 Å². The number of halogens is 1. The lowest BCUT2D eigenvalue weighted by atomic mass is 9.94. The van der Waals surface area contributed by atoms with E-state index in [9.17, 15) is 18.0 Å². The van der Waals surface area contributed by atoms with Crippen LogP contribution in [0.1, 0.15) is 32.7 Å². The maximum atomic E-state index is 13.2. The van der Waals surface area contributed by atoms with Crippen molar-refractivity contribution >= 4 is 32.1 Å². The van der Waals surface area contributed by atoms with Gasteiger partial charge in [-0.3, -0.25) is 4.79 Å². The monoisotopic (exact) mass is 552 g/mol. The first kappa shape index (κ1) is 23.3. The van der Waals surface area contributed by atoms with Gasteiger partial charge in [0.25, 0.3) is 5.56 Å². The summed E-state index contributed by atoms with van der Waals surface area (Å²) in [5, 5.41) is 0. The number of pyridine rings is 1. The number of benzene rings is 2. The molecule has 5 rings (SSSR count). The van der Waals surface area contributed by atoms with Gasteiger partial charge < -0.3 is 13.4 Å². The Morgan fingerprint density at radius 2 is 1.77 bits per heavy atom. The number of nitrogens with one attached hydrogen (secondary N) is 1. The van der Waals surface area contributed by atoms with Crippen LogP contribution in [0.25, 0.3) is 11.4 Å². The Hall–Kier alpha value is -3.43. The smallest absolute Gasteiger partial charge is 0.366 e. The van der Waals surface area contributed by atoms with Gasteiger partial charge in [-0.1, -0.05) is 48.0 Å². The Bertz CT molecular complexity index is 1620. The van der Waals surface area contributed by atoms with E-state index in [0.717, 1.165) is 16.7 Å². The van der Waals surface area contributed by atoms with Crippen LogP contribution in [0.5, 0.6) is 0 Å². The molecular formula is C26H21BrN2O5S. The predicted molar refractivity (Wildman–Crippen MR) is 134 cm³/mol. The van der Waals surface area contributed by atoms with Gasteiger partial charge in [0.05, 0.1) is 16.3 Å². The van der Waals surface area contributed by atoms with Gasteiger partial charge in [0.15, 0.2) is 16.3 Å². The van der Waals surface area contributed by atoms with E-state index < -0.39 is 21.4 Å². The normalized spacial score (nSPS) is 12.6. The predicted octanol–water partition coefficient (Wildman–Crippen LogP) is 4.60. The van der Waals surface area contributed by atoms with E-state index >= 15 is 0 Å². The molecule has 1 N–H and O–H groups in total. The van der Waals surface area contributed by atoms with Crippen molar-refractivity contribution in [1.29, 1.82) is 0 Å². The summed E-state index contributed by atoms with van der Waals surface area (Å²) in [4.78, 5) is 28.3. The molecule has 2 heterocycles. The quantitative estimate of drug-likeness (QED) is 0.390. The molecule has 0 saturated carbocycles. The fourth-order valence-electron chi connectivity index (χ4n) is 4.61. The molecule has 178 valence electrons. The second-order valence-electron chi connectivity index (χ2n) is 8.52. The Kier molecular flexibility index (Phi) is 5.98. The molecule has 1 aliphatic rings. The molecule has 0 amide bonds. The molecule has 4 aromatic rings. The average molecular weight is 553 g/mol. The highest BCUT2D eigenvalue weighted by atomic mass is 79.9. The third kappa shape index (κ3) is 4.15. The van der Waals surface area contributed by atoms with Crippen LogP contribution in [-0.4, -0.2) is 23.9 Å². The van der Waals surface area contributed by atoms with Crippen molar-refractivity contribution in [3.05, 3.63) is 105 Å². The van der Waals surface area contributed by atoms with Crippen LogP contribution in [0.4, 0.5) is 0 Å². The van der Waals surface area contributed by atoms with Crippen LogP contribution in [0.3, 0.4) is 0 Å². The van der Waals surface area contributed by atoms with E-state index in [1.807, 2.05) is 35.8 Å². The molecule has 35 heavy (non-hydrogen) atoms. The molecule has 0 aliphatic heterocycles. The molecule has 7 nitrogen and oxygen atoms in total. The van der Waals surface area contributed by atoms with Gasteiger partial charge in [0, 0.05) is 6.54 Å². The molecule has 9 heteroatoms. The van der Waals surface area contributed by atoms with E-state index in [4.69, 9.17) is 3.83 Å². The van der Waals surface area contributed by atoms with Gasteiger partial charge in [-0.15, -0.1) is 0 Å². The van der Waals surface area contributed by atoms with E-state index in [1.165, 1.54) is 18.2 Å². The van der Waals surface area contributed by atoms with E-state index in [0.29, 0.717) is 42.0 Å². The number of aryl methyl sites for hydroxylation is 3. The molecule has 0 atom stereocenters. The fourth-order valence-corrected chi connectivity index (χ4v) is 6.14. The van der Waals surface area contributed by atoms with Crippen LogP contribution >= 0.6 is 16.3 Å². The lowest BCUT2D eigenvalue weighted by Gasteiger charge is -2.21. The maximum Gasteiger partial charge on any atom is 0.366 e. The zero-order valence-electron chi connectivity index (χ0n) is 18.7. The first-order valence-corrected chi connectivity index (χ1v) is 13.1. The number of aromatic amines is 1. The third-order valence-electron chi connectivity index (χ3n) is 6.21. The lowest BCUT2D eigenvalue weighted by molar-refractivity contribution is 0.0771. The van der Waals surface area contributed by atoms with Crippen LogP contribution in [0, 0.1) is 6.92 Å². The molecule has 0 bridgehead atoms. The molecule has 2 aromatic heterocycles. The highest BCUT2D eigenvalue weighted by molar-refractivity contribution is 9.06. The molecule has 0 saturated heterocycles. The summed E-state index contributed by atoms with van der Waals surface area (Å²) >= 11 is 2.79. The number of carbonyl (C=O) groups excluding carboxylic acids is 1. The number of H-pyrrole nitrogens is 1. The molecule has 0 unspecified atom stereocenters. The van der Waals surface area contributed by atoms with E-state index in [-0.39, 0.29) is 9.79 Å². The van der Waals surface area contributed by atoms with Crippen LogP contribution < -0.4 is 5.56 Å². The summed E-state index contributed by atoms with van der Waals surface area (Å²) < 4.78 is 33.0. The number of sulfone groups is 1. The largest absolute Gasteiger partial charge is 0.379 e. The summed E-state index contributed by atoms with van der Waals surface area (Å²) in [5.41, 5.74) is 4.48. The van der Waals surface area contributed by atoms with Gasteiger partial charge in [0.1, 0.15) is 10.6 Å². The minimum absolute atomic E-state index is 0.0622. The first-order chi connectivity index (χ1) is 16.8. The number of rotatable bonds is 5. The third-order valence-corrected chi connectivity index (χ3v) is 8.28. The summed E-state index contributed by atoms with van der Waals surface area (Å²) in [5.74, 6) is -0.556. The molecule has 0 radical (unpaired) electrons. The Morgan fingerprint density at radius 1 is 1.03 bits per heavy atom. The second kappa shape index (κ2) is 8.98. The number of aromatic nitrogens is 2. The van der Waals surface area contributed by atoms with Crippen molar-refractivity contribution in [3.63, 3.8) is 0 Å². The van der Waals surface area contributed by atoms with Gasteiger partial charge in [0.2, 0.25) is 9.84 Å². The fraction of sp³-hybridized carbons (Fsp3) is 0.154. The summed E-state index contributed by atoms with van der Waals surface area (Å²) in [6.07, 6.45) is 1.11. The van der Waals surface area contributed by atoms with Crippen LogP contribution in [0.15, 0.2) is 81.3 Å². The highest BCUT2D eigenvalue weighted by Gasteiger charge is 2.30. The topological polar surface area (TPSA) is 98.2 Å². The van der Waals surface area contributed by atoms with E-state index in [2.05, 4.69) is 21.2 Å². The number of hydrogen-bond donors (Lipinski definition) is 1. The second-order valence-corrected chi connectivity index (χ2v) is 10.8. The van der Waals surface area contributed by atoms with Gasteiger partial charge in [-0.2, -0.15) is 0 Å². The summed E-state index contributed by atoms with van der Waals surface area (Å²) in [6, 6.07) is 19.1. The van der Waals surface area contributed by atoms with Crippen molar-refractivity contribution in [2.45, 2.75) is 36.1 Å². The number of nitrogens with zero attached hydrogens (tertiary/aromatic N) is 1. The zero-order chi connectivity index (χ0) is 24.7. The molecule has 0 spiro atoms. The SMILES string of the molecule is Cc1cccc(Cn2c(C(=O)OBr)cc3c2-c2[nH]c(=O)c(S(=O)(=O)c4ccccc4)cc2CC3)c1. The molecular weight excluding hydrogens is 532 g/mol. The zero-order valence-corrected chi connectivity index (χ0v) is 21.1. The lowest BCUT2D eigenvalue weighted by Crippen LogP contribution is -2.22. The summed E-state index contributed by atoms with van der Waals surface area (Å²) in [7, 11) is -3.99. The Morgan fingerprint density at radius 3 is 2.49 bits per heavy atom. The maximum absolute atomic E-state index is 13.2. The van der Waals surface area contributed by atoms with Crippen molar-refractivity contribution in [2.75, 3.05) is 0 Å². The summed E-state index contributed by atoms with van der Waals surface area (Å²) in [6.45, 7) is 2.36. The minimum atomic E-state index is -3.99. The average Bonchev–Trinajstić information content (AvgIpc) is 3.22. The van der Waals surface area contributed by atoms with Crippen LogP contribution in [-0.2, 0) is 33.1 Å². The van der Waals surface area contributed by atoms with Gasteiger partial charge >= 0.3 is 5.97 Å². The Labute approximate surface area is 210 Å². The first-order valence-electron chi connectivity index (χ1n) is 11.0. The van der Waals surface area contributed by atoms with Gasteiger partial charge in [-0.05, 0) is 60.7 Å².